The second-order valence-corrected chi connectivity index (χ2v) is 6.79. The average Bonchev–Trinajstić information content (AvgIpc) is 2.89. The first-order valence-electron chi connectivity index (χ1n) is 7.28. The van der Waals surface area contributed by atoms with Crippen molar-refractivity contribution < 1.29 is 4.79 Å². The number of hydrogen-bond donors (Lipinski definition) is 1. The molecule has 1 aromatic heterocycles. The van der Waals surface area contributed by atoms with Crippen LogP contribution >= 0.6 is 22.9 Å². The maximum Gasteiger partial charge on any atom is 0.221 e. The van der Waals surface area contributed by atoms with Crippen LogP contribution in [0, 0.1) is 6.92 Å². The largest absolute Gasteiger partial charge is 0.352 e. The molecule has 0 saturated carbocycles. The van der Waals surface area contributed by atoms with Gasteiger partial charge in [-0.3, -0.25) is 4.79 Å². The molecule has 1 amide bonds. The maximum atomic E-state index is 11.9. The number of hydrogen-bond acceptors (Lipinski definition) is 3. The molecule has 0 fully saturated rings. The van der Waals surface area contributed by atoms with E-state index < -0.39 is 0 Å². The minimum Gasteiger partial charge on any atom is -0.352 e. The van der Waals surface area contributed by atoms with E-state index in [9.17, 15) is 4.79 Å². The van der Waals surface area contributed by atoms with Crippen molar-refractivity contribution in [3.05, 3.63) is 56.7 Å². The summed E-state index contributed by atoms with van der Waals surface area (Å²) in [6.07, 6.45) is 0.491. The van der Waals surface area contributed by atoms with Gasteiger partial charge in [0, 0.05) is 36.0 Å². The molecule has 2 aromatic rings. The van der Waals surface area contributed by atoms with Gasteiger partial charge < -0.3 is 10.2 Å². The van der Waals surface area contributed by atoms with E-state index in [2.05, 4.69) is 28.6 Å². The van der Waals surface area contributed by atoms with Crippen LogP contribution in [0.2, 0.25) is 5.02 Å². The molecule has 0 saturated heterocycles. The first-order valence-corrected chi connectivity index (χ1v) is 8.53. The van der Waals surface area contributed by atoms with Crippen LogP contribution in [0.4, 0.5) is 0 Å². The van der Waals surface area contributed by atoms with Gasteiger partial charge in [0.2, 0.25) is 5.91 Å². The summed E-state index contributed by atoms with van der Waals surface area (Å²) in [7, 11) is 2.04. The van der Waals surface area contributed by atoms with Crippen molar-refractivity contribution in [3.63, 3.8) is 0 Å². The van der Waals surface area contributed by atoms with Crippen LogP contribution in [0.3, 0.4) is 0 Å². The lowest BCUT2D eigenvalue weighted by Crippen LogP contribution is -2.28. The van der Waals surface area contributed by atoms with Crippen LogP contribution < -0.4 is 5.32 Å². The third-order valence-corrected chi connectivity index (χ3v) is 4.91. The van der Waals surface area contributed by atoms with Gasteiger partial charge in [0.25, 0.3) is 0 Å². The SMILES string of the molecule is Cc1ccsc1CN(C)CCC(=O)NCc1ccccc1Cl. The second kappa shape index (κ2) is 8.32. The van der Waals surface area contributed by atoms with E-state index in [1.54, 1.807) is 11.3 Å². The van der Waals surface area contributed by atoms with Gasteiger partial charge in [-0.15, -0.1) is 11.3 Å². The molecule has 0 atom stereocenters. The monoisotopic (exact) mass is 336 g/mol. The molecule has 0 aliphatic carbocycles. The fraction of sp³-hybridized carbons (Fsp3) is 0.353. The van der Waals surface area contributed by atoms with Crippen LogP contribution in [0.15, 0.2) is 35.7 Å². The molecule has 0 radical (unpaired) electrons. The maximum absolute atomic E-state index is 11.9. The Labute approximate surface area is 140 Å². The van der Waals surface area contributed by atoms with E-state index in [-0.39, 0.29) is 5.91 Å². The predicted octanol–water partition coefficient (Wildman–Crippen LogP) is 3.85. The highest BCUT2D eigenvalue weighted by Crippen LogP contribution is 2.17. The Morgan fingerprint density at radius 2 is 2.09 bits per heavy atom. The molecule has 0 aliphatic rings. The quantitative estimate of drug-likeness (QED) is 0.833. The topological polar surface area (TPSA) is 32.3 Å². The minimum atomic E-state index is 0.0506. The van der Waals surface area contributed by atoms with Crippen LogP contribution in [0.25, 0.3) is 0 Å². The fourth-order valence-corrected chi connectivity index (χ4v) is 3.29. The van der Waals surface area contributed by atoms with E-state index >= 15 is 0 Å². The van der Waals surface area contributed by atoms with Crippen LogP contribution in [0.1, 0.15) is 22.4 Å². The Bertz CT molecular complexity index is 627. The zero-order chi connectivity index (χ0) is 15.9. The molecule has 1 aromatic carbocycles. The highest BCUT2D eigenvalue weighted by molar-refractivity contribution is 7.10. The van der Waals surface area contributed by atoms with Gasteiger partial charge >= 0.3 is 0 Å². The molecule has 118 valence electrons. The molecule has 1 N–H and O–H groups in total. The summed E-state index contributed by atoms with van der Waals surface area (Å²) in [6.45, 7) is 4.23. The highest BCUT2D eigenvalue weighted by atomic mass is 35.5. The number of nitrogens with one attached hydrogen (secondary N) is 1. The first kappa shape index (κ1) is 17.0. The number of halogens is 1. The summed E-state index contributed by atoms with van der Waals surface area (Å²) in [5, 5.41) is 5.71. The minimum absolute atomic E-state index is 0.0506. The van der Waals surface area contributed by atoms with Gasteiger partial charge in [-0.25, -0.2) is 0 Å². The summed E-state index contributed by atoms with van der Waals surface area (Å²) in [4.78, 5) is 15.5. The zero-order valence-electron chi connectivity index (χ0n) is 12.9. The van der Waals surface area contributed by atoms with Gasteiger partial charge in [0.15, 0.2) is 0 Å². The normalized spacial score (nSPS) is 10.9. The third kappa shape index (κ3) is 5.13. The summed E-state index contributed by atoms with van der Waals surface area (Å²) in [6, 6.07) is 9.69. The van der Waals surface area contributed by atoms with Crippen molar-refractivity contribution in [1.82, 2.24) is 10.2 Å². The van der Waals surface area contributed by atoms with Crippen molar-refractivity contribution >= 4 is 28.8 Å². The molecule has 1 heterocycles. The Kier molecular flexibility index (Phi) is 6.43. The number of nitrogens with zero attached hydrogens (tertiary/aromatic N) is 1. The number of amides is 1. The Morgan fingerprint density at radius 3 is 2.77 bits per heavy atom. The molecule has 0 bridgehead atoms. The van der Waals surface area contributed by atoms with Crippen LogP contribution in [0.5, 0.6) is 0 Å². The summed E-state index contributed by atoms with van der Waals surface area (Å²) >= 11 is 7.84. The van der Waals surface area contributed by atoms with Gasteiger partial charge in [-0.05, 0) is 42.6 Å². The van der Waals surface area contributed by atoms with Crippen molar-refractivity contribution in [2.24, 2.45) is 0 Å². The van der Waals surface area contributed by atoms with Crippen LogP contribution in [-0.4, -0.2) is 24.4 Å². The Hall–Kier alpha value is -1.36. The van der Waals surface area contributed by atoms with Crippen molar-refractivity contribution in [1.29, 1.82) is 0 Å². The van der Waals surface area contributed by atoms with E-state index in [1.807, 2.05) is 31.3 Å². The van der Waals surface area contributed by atoms with Gasteiger partial charge in [0.1, 0.15) is 0 Å². The number of rotatable bonds is 7. The molecular weight excluding hydrogens is 316 g/mol. The average molecular weight is 337 g/mol. The molecule has 2 rings (SSSR count). The molecule has 3 nitrogen and oxygen atoms in total. The standard InChI is InChI=1S/C17H21ClN2OS/c1-13-8-10-22-16(13)12-20(2)9-7-17(21)19-11-14-5-3-4-6-15(14)18/h3-6,8,10H,7,9,11-12H2,1-2H3,(H,19,21). The number of aryl methyl sites for hydroxylation is 1. The highest BCUT2D eigenvalue weighted by Gasteiger charge is 2.08. The van der Waals surface area contributed by atoms with E-state index in [4.69, 9.17) is 11.6 Å². The fourth-order valence-electron chi connectivity index (χ4n) is 2.11. The summed E-state index contributed by atoms with van der Waals surface area (Å²) in [5.74, 6) is 0.0506. The number of carbonyl (C=O) groups excluding carboxylic acids is 1. The Morgan fingerprint density at radius 1 is 1.32 bits per heavy atom. The molecular formula is C17H21ClN2OS. The van der Waals surface area contributed by atoms with Gasteiger partial charge in [-0.2, -0.15) is 0 Å². The zero-order valence-corrected chi connectivity index (χ0v) is 14.5. The summed E-state index contributed by atoms with van der Waals surface area (Å²) < 4.78 is 0. The van der Waals surface area contributed by atoms with E-state index in [0.717, 1.165) is 18.7 Å². The number of benzene rings is 1. The molecule has 5 heteroatoms. The van der Waals surface area contributed by atoms with Crippen LogP contribution in [-0.2, 0) is 17.9 Å². The predicted molar refractivity (Wildman–Crippen MR) is 93.3 cm³/mol. The second-order valence-electron chi connectivity index (χ2n) is 5.38. The van der Waals surface area contributed by atoms with Gasteiger partial charge in [-0.1, -0.05) is 29.8 Å². The molecule has 22 heavy (non-hydrogen) atoms. The molecule has 0 unspecified atom stereocenters. The summed E-state index contributed by atoms with van der Waals surface area (Å²) in [5.41, 5.74) is 2.26. The molecule has 0 aliphatic heterocycles. The van der Waals surface area contributed by atoms with Crippen molar-refractivity contribution in [3.8, 4) is 0 Å². The smallest absolute Gasteiger partial charge is 0.221 e. The third-order valence-electron chi connectivity index (χ3n) is 3.54. The lowest BCUT2D eigenvalue weighted by Gasteiger charge is -2.16. The van der Waals surface area contributed by atoms with E-state index in [1.165, 1.54) is 10.4 Å². The first-order chi connectivity index (χ1) is 10.6. The van der Waals surface area contributed by atoms with Gasteiger partial charge in [0.05, 0.1) is 0 Å². The number of thiophene rings is 1. The molecule has 0 spiro atoms. The lowest BCUT2D eigenvalue weighted by molar-refractivity contribution is -0.121. The van der Waals surface area contributed by atoms with E-state index in [0.29, 0.717) is 18.0 Å². The number of carbonyl (C=O) groups is 1. The lowest BCUT2D eigenvalue weighted by atomic mass is 10.2. The van der Waals surface area contributed by atoms with Crippen molar-refractivity contribution in [2.75, 3.05) is 13.6 Å². The van der Waals surface area contributed by atoms with Crippen molar-refractivity contribution in [2.45, 2.75) is 26.4 Å². The Balaban J connectivity index is 1.71.